The lowest BCUT2D eigenvalue weighted by Crippen LogP contribution is -2.64. The minimum absolute atomic E-state index is 0.410. The van der Waals surface area contributed by atoms with E-state index in [1.807, 2.05) is 0 Å². The maximum Gasteiger partial charge on any atom is 0.345 e. The first-order valence-electron chi connectivity index (χ1n) is 4.91. The molecule has 4 atom stereocenters. The molecule has 4 aliphatic rings. The Labute approximate surface area is 86.6 Å². The second kappa shape index (κ2) is 2.42. The van der Waals surface area contributed by atoms with Crippen molar-refractivity contribution in [2.75, 3.05) is 0 Å². The molecule has 82 valence electrons. The first-order valence-corrected chi connectivity index (χ1v) is 4.91. The summed E-state index contributed by atoms with van der Waals surface area (Å²) in [6.07, 6.45) is 1.57. The normalized spacial score (nSPS) is 50.3. The quantitative estimate of drug-likeness (QED) is 0.442. The number of hydrogen-bond acceptors (Lipinski definition) is 5. The number of carbonyl (C=O) groups excluding carboxylic acids is 1. The molecule has 4 rings (SSSR count). The van der Waals surface area contributed by atoms with Crippen LogP contribution in [-0.4, -0.2) is 40.8 Å². The van der Waals surface area contributed by atoms with Gasteiger partial charge in [-0.2, -0.15) is 0 Å². The standard InChI is InChI=1S/C10H12O5/c1-9(2)14-6-5-3-4-10(12,7(6)15-9)8(11)13-5/h3-7,12H,1-2H3/t5-,6+,7+,10-/m0/s1. The zero-order valence-electron chi connectivity index (χ0n) is 8.47. The van der Waals surface area contributed by atoms with Crippen molar-refractivity contribution in [3.63, 3.8) is 0 Å². The Kier molecular flexibility index (Phi) is 1.51. The summed E-state index contributed by atoms with van der Waals surface area (Å²) in [5.74, 6) is -1.45. The monoisotopic (exact) mass is 212 g/mol. The van der Waals surface area contributed by atoms with E-state index >= 15 is 0 Å². The molecule has 2 fully saturated rings. The molecule has 1 N–H and O–H groups in total. The minimum atomic E-state index is -1.69. The van der Waals surface area contributed by atoms with Crippen LogP contribution in [0.3, 0.4) is 0 Å². The van der Waals surface area contributed by atoms with E-state index in [1.54, 1.807) is 19.9 Å². The number of ether oxygens (including phenoxy) is 3. The molecule has 3 heterocycles. The summed E-state index contributed by atoms with van der Waals surface area (Å²) in [4.78, 5) is 11.5. The number of carbonyl (C=O) groups is 1. The van der Waals surface area contributed by atoms with Crippen LogP contribution >= 0.6 is 0 Å². The Bertz CT molecular complexity index is 361. The predicted molar refractivity (Wildman–Crippen MR) is 47.8 cm³/mol. The third-order valence-corrected chi connectivity index (χ3v) is 3.00. The third kappa shape index (κ3) is 1.05. The van der Waals surface area contributed by atoms with Crippen LogP contribution in [0.15, 0.2) is 12.2 Å². The summed E-state index contributed by atoms with van der Waals surface area (Å²) < 4.78 is 16.1. The number of fused-ring (bicyclic) bond motifs is 1. The molecular formula is C10H12O5. The molecule has 5 nitrogen and oxygen atoms in total. The number of rotatable bonds is 0. The average Bonchev–Trinajstić information content (AvgIpc) is 2.46. The fourth-order valence-electron chi connectivity index (χ4n) is 2.32. The van der Waals surface area contributed by atoms with E-state index in [9.17, 15) is 9.90 Å². The molecule has 0 aromatic carbocycles. The van der Waals surface area contributed by atoms with Gasteiger partial charge in [-0.1, -0.05) is 0 Å². The Morgan fingerprint density at radius 3 is 2.80 bits per heavy atom. The Hall–Kier alpha value is -0.910. The summed E-state index contributed by atoms with van der Waals surface area (Å²) in [6, 6.07) is 0. The van der Waals surface area contributed by atoms with Crippen molar-refractivity contribution in [1.82, 2.24) is 0 Å². The van der Waals surface area contributed by atoms with Crippen molar-refractivity contribution in [2.24, 2.45) is 0 Å². The van der Waals surface area contributed by atoms with E-state index in [-0.39, 0.29) is 0 Å². The molecule has 0 radical (unpaired) electrons. The molecule has 2 saturated heterocycles. The molecule has 2 bridgehead atoms. The lowest BCUT2D eigenvalue weighted by molar-refractivity contribution is -0.200. The van der Waals surface area contributed by atoms with Gasteiger partial charge in [-0.15, -0.1) is 0 Å². The molecule has 0 spiro atoms. The highest BCUT2D eigenvalue weighted by molar-refractivity contribution is 5.85. The fraction of sp³-hybridized carbons (Fsp3) is 0.700. The highest BCUT2D eigenvalue weighted by Crippen LogP contribution is 2.44. The van der Waals surface area contributed by atoms with Gasteiger partial charge in [-0.25, -0.2) is 4.79 Å². The van der Waals surface area contributed by atoms with Crippen LogP contribution in [0.1, 0.15) is 13.8 Å². The van der Waals surface area contributed by atoms with Crippen LogP contribution in [-0.2, 0) is 19.0 Å². The van der Waals surface area contributed by atoms with Gasteiger partial charge in [0.25, 0.3) is 0 Å². The molecule has 0 aromatic rings. The summed E-state index contributed by atoms with van der Waals surface area (Å²) in [5.41, 5.74) is -1.69. The molecule has 0 aromatic heterocycles. The van der Waals surface area contributed by atoms with Crippen LogP contribution in [0.4, 0.5) is 0 Å². The number of hydrogen-bond donors (Lipinski definition) is 1. The van der Waals surface area contributed by atoms with E-state index < -0.39 is 35.7 Å². The van der Waals surface area contributed by atoms with Gasteiger partial charge in [0.05, 0.1) is 0 Å². The Morgan fingerprint density at radius 1 is 1.40 bits per heavy atom. The lowest BCUT2D eigenvalue weighted by Gasteiger charge is -2.42. The summed E-state index contributed by atoms with van der Waals surface area (Å²) in [6.45, 7) is 3.50. The topological polar surface area (TPSA) is 65.0 Å². The van der Waals surface area contributed by atoms with Crippen LogP contribution < -0.4 is 0 Å². The Morgan fingerprint density at radius 2 is 2.13 bits per heavy atom. The zero-order chi connectivity index (χ0) is 10.8. The zero-order valence-corrected chi connectivity index (χ0v) is 8.47. The van der Waals surface area contributed by atoms with Gasteiger partial charge in [0.2, 0.25) is 5.60 Å². The Balaban J connectivity index is 2.05. The first kappa shape index (κ1) is 9.33. The van der Waals surface area contributed by atoms with Crippen molar-refractivity contribution in [2.45, 2.75) is 43.5 Å². The minimum Gasteiger partial charge on any atom is -0.453 e. The predicted octanol–water partition coefficient (Wildman–Crippen LogP) is -0.267. The van der Waals surface area contributed by atoms with Crippen molar-refractivity contribution in [3.8, 4) is 0 Å². The highest BCUT2D eigenvalue weighted by Gasteiger charge is 2.64. The maximum atomic E-state index is 11.5. The third-order valence-electron chi connectivity index (χ3n) is 3.00. The van der Waals surface area contributed by atoms with Gasteiger partial charge < -0.3 is 19.3 Å². The van der Waals surface area contributed by atoms with Gasteiger partial charge in [0.15, 0.2) is 5.79 Å². The summed E-state index contributed by atoms with van der Waals surface area (Å²) in [7, 11) is 0. The van der Waals surface area contributed by atoms with E-state index in [1.165, 1.54) is 6.08 Å². The fourth-order valence-corrected chi connectivity index (χ4v) is 2.32. The van der Waals surface area contributed by atoms with Gasteiger partial charge >= 0.3 is 5.97 Å². The first-order chi connectivity index (χ1) is 6.92. The largest absolute Gasteiger partial charge is 0.453 e. The van der Waals surface area contributed by atoms with Crippen LogP contribution in [0.5, 0.6) is 0 Å². The van der Waals surface area contributed by atoms with Crippen molar-refractivity contribution in [3.05, 3.63) is 12.2 Å². The molecular weight excluding hydrogens is 200 g/mol. The van der Waals surface area contributed by atoms with Gasteiger partial charge in [-0.05, 0) is 26.0 Å². The van der Waals surface area contributed by atoms with Gasteiger partial charge in [-0.3, -0.25) is 0 Å². The second-order valence-electron chi connectivity index (χ2n) is 4.58. The smallest absolute Gasteiger partial charge is 0.345 e. The lowest BCUT2D eigenvalue weighted by atomic mass is 9.82. The van der Waals surface area contributed by atoms with E-state index in [0.29, 0.717) is 0 Å². The molecule has 0 amide bonds. The second-order valence-corrected chi connectivity index (χ2v) is 4.58. The highest BCUT2D eigenvalue weighted by atomic mass is 16.8. The summed E-state index contributed by atoms with van der Waals surface area (Å²) >= 11 is 0. The molecule has 1 aliphatic carbocycles. The molecule has 0 saturated carbocycles. The maximum absolute atomic E-state index is 11.5. The van der Waals surface area contributed by atoms with E-state index in [4.69, 9.17) is 14.2 Å². The summed E-state index contributed by atoms with van der Waals surface area (Å²) in [5, 5.41) is 10.1. The van der Waals surface area contributed by atoms with E-state index in [2.05, 4.69) is 0 Å². The van der Waals surface area contributed by atoms with Crippen LogP contribution in [0, 0.1) is 0 Å². The van der Waals surface area contributed by atoms with Crippen molar-refractivity contribution in [1.29, 1.82) is 0 Å². The molecule has 15 heavy (non-hydrogen) atoms. The number of esters is 1. The van der Waals surface area contributed by atoms with E-state index in [0.717, 1.165) is 0 Å². The molecule has 0 unspecified atom stereocenters. The van der Waals surface area contributed by atoms with Crippen LogP contribution in [0.25, 0.3) is 0 Å². The van der Waals surface area contributed by atoms with Gasteiger partial charge in [0, 0.05) is 0 Å². The molecule has 3 aliphatic heterocycles. The van der Waals surface area contributed by atoms with Crippen molar-refractivity contribution >= 4 is 5.97 Å². The SMILES string of the molecule is CC1(C)O[C@@H]2[C@@H]3C=C[C@@](O)(C(=O)O3)[C@@H]2O1. The van der Waals surface area contributed by atoms with Crippen molar-refractivity contribution < 1.29 is 24.1 Å². The molecule has 5 heteroatoms. The van der Waals surface area contributed by atoms with Gasteiger partial charge in [0.1, 0.15) is 18.3 Å². The number of aliphatic hydroxyl groups is 1. The van der Waals surface area contributed by atoms with Crippen LogP contribution in [0.2, 0.25) is 0 Å². The average molecular weight is 212 g/mol.